The topological polar surface area (TPSA) is 17.1 Å². The number of Topliss-reactive ketones (excluding diaryl/α,β-unsaturated/α-hetero) is 1. The van der Waals surface area contributed by atoms with Crippen LogP contribution in [0.15, 0.2) is 6.07 Å². The Kier molecular flexibility index (Phi) is 2.91. The first-order valence-electron chi connectivity index (χ1n) is 3.77. The highest BCUT2D eigenvalue weighted by Gasteiger charge is 2.16. The van der Waals surface area contributed by atoms with Crippen LogP contribution in [-0.4, -0.2) is 11.2 Å². The van der Waals surface area contributed by atoms with Crippen LogP contribution in [0.25, 0.3) is 0 Å². The molecule has 3 heteroatoms. The molecule has 1 unspecified atom stereocenters. The zero-order chi connectivity index (χ0) is 9.30. The van der Waals surface area contributed by atoms with E-state index in [4.69, 9.17) is 11.6 Å². The van der Waals surface area contributed by atoms with E-state index < -0.39 is 5.38 Å². The second-order valence-electron chi connectivity index (χ2n) is 2.85. The molecule has 0 amide bonds. The SMILES string of the molecule is Cc1cc(C)c(C(=O)C(C)Cl)s1. The molecular formula is C9H11ClOS. The molecule has 1 heterocycles. The molecule has 0 saturated carbocycles. The van der Waals surface area contributed by atoms with E-state index in [0.29, 0.717) is 0 Å². The van der Waals surface area contributed by atoms with Crippen LogP contribution in [0.1, 0.15) is 27.0 Å². The van der Waals surface area contributed by atoms with E-state index in [1.165, 1.54) is 11.3 Å². The molecule has 0 radical (unpaired) electrons. The number of carbonyl (C=O) groups excluding carboxylic acids is 1. The molecule has 0 aliphatic heterocycles. The fourth-order valence-corrected chi connectivity index (χ4v) is 2.30. The Morgan fingerprint density at radius 3 is 2.50 bits per heavy atom. The molecule has 0 fully saturated rings. The number of carbonyl (C=O) groups is 1. The first kappa shape index (κ1) is 9.75. The van der Waals surface area contributed by atoms with Crippen LogP contribution in [0, 0.1) is 13.8 Å². The highest BCUT2D eigenvalue weighted by atomic mass is 35.5. The van der Waals surface area contributed by atoms with Gasteiger partial charge in [-0.3, -0.25) is 4.79 Å². The Morgan fingerprint density at radius 2 is 2.17 bits per heavy atom. The maximum atomic E-state index is 11.5. The molecule has 0 aliphatic rings. The van der Waals surface area contributed by atoms with Gasteiger partial charge >= 0.3 is 0 Å². The zero-order valence-corrected chi connectivity index (χ0v) is 8.92. The molecular weight excluding hydrogens is 192 g/mol. The summed E-state index contributed by atoms with van der Waals surface area (Å²) in [6.07, 6.45) is 0. The van der Waals surface area contributed by atoms with Gasteiger partial charge in [0.15, 0.2) is 5.78 Å². The lowest BCUT2D eigenvalue weighted by Gasteiger charge is -1.99. The lowest BCUT2D eigenvalue weighted by Crippen LogP contribution is -2.09. The standard InChI is InChI=1S/C9H11ClOS/c1-5-4-6(2)12-9(5)8(11)7(3)10/h4,7H,1-3H3. The molecule has 0 saturated heterocycles. The average Bonchev–Trinajstić information content (AvgIpc) is 2.28. The summed E-state index contributed by atoms with van der Waals surface area (Å²) in [6.45, 7) is 5.64. The third-order valence-electron chi connectivity index (χ3n) is 1.63. The molecule has 1 aromatic rings. The van der Waals surface area contributed by atoms with Crippen molar-refractivity contribution in [1.29, 1.82) is 0 Å². The maximum Gasteiger partial charge on any atom is 0.190 e. The van der Waals surface area contributed by atoms with Crippen molar-refractivity contribution in [1.82, 2.24) is 0 Å². The van der Waals surface area contributed by atoms with Gasteiger partial charge < -0.3 is 0 Å². The Hall–Kier alpha value is -0.340. The first-order valence-corrected chi connectivity index (χ1v) is 5.03. The van der Waals surface area contributed by atoms with Gasteiger partial charge in [-0.15, -0.1) is 22.9 Å². The van der Waals surface area contributed by atoms with E-state index in [9.17, 15) is 4.79 Å². The number of hydrogen-bond acceptors (Lipinski definition) is 2. The number of ketones is 1. The average molecular weight is 203 g/mol. The fraction of sp³-hybridized carbons (Fsp3) is 0.444. The lowest BCUT2D eigenvalue weighted by atomic mass is 10.2. The molecule has 0 bridgehead atoms. The second-order valence-corrected chi connectivity index (χ2v) is 4.76. The summed E-state index contributed by atoms with van der Waals surface area (Å²) in [6, 6.07) is 2.01. The van der Waals surface area contributed by atoms with Crippen molar-refractivity contribution in [3.8, 4) is 0 Å². The van der Waals surface area contributed by atoms with Gasteiger partial charge in [-0.25, -0.2) is 0 Å². The van der Waals surface area contributed by atoms with E-state index in [1.807, 2.05) is 19.9 Å². The lowest BCUT2D eigenvalue weighted by molar-refractivity contribution is 0.0995. The molecule has 0 spiro atoms. The summed E-state index contributed by atoms with van der Waals surface area (Å²) >= 11 is 7.22. The van der Waals surface area contributed by atoms with Crippen LogP contribution in [0.4, 0.5) is 0 Å². The predicted molar refractivity (Wildman–Crippen MR) is 53.4 cm³/mol. The Morgan fingerprint density at radius 1 is 1.58 bits per heavy atom. The Balaban J connectivity index is 3.02. The molecule has 1 rings (SSSR count). The second kappa shape index (κ2) is 3.58. The van der Waals surface area contributed by atoms with Gasteiger partial charge in [0.2, 0.25) is 0 Å². The molecule has 0 aromatic carbocycles. The largest absolute Gasteiger partial charge is 0.292 e. The summed E-state index contributed by atoms with van der Waals surface area (Å²) in [5.41, 5.74) is 1.04. The molecule has 66 valence electrons. The summed E-state index contributed by atoms with van der Waals surface area (Å²) in [5, 5.41) is -0.415. The number of alkyl halides is 1. The van der Waals surface area contributed by atoms with E-state index in [1.54, 1.807) is 6.92 Å². The third kappa shape index (κ3) is 1.87. The number of hydrogen-bond donors (Lipinski definition) is 0. The van der Waals surface area contributed by atoms with Crippen LogP contribution >= 0.6 is 22.9 Å². The van der Waals surface area contributed by atoms with Crippen molar-refractivity contribution < 1.29 is 4.79 Å². The first-order chi connectivity index (χ1) is 5.52. The van der Waals surface area contributed by atoms with E-state index >= 15 is 0 Å². The summed E-state index contributed by atoms with van der Waals surface area (Å²) < 4.78 is 0. The number of halogens is 1. The van der Waals surface area contributed by atoms with E-state index in [0.717, 1.165) is 15.3 Å². The minimum absolute atomic E-state index is 0.0345. The monoisotopic (exact) mass is 202 g/mol. The smallest absolute Gasteiger partial charge is 0.190 e. The van der Waals surface area contributed by atoms with E-state index in [-0.39, 0.29) is 5.78 Å². The molecule has 1 atom stereocenters. The van der Waals surface area contributed by atoms with Gasteiger partial charge in [-0.1, -0.05) is 0 Å². The van der Waals surface area contributed by atoms with Crippen molar-refractivity contribution >= 4 is 28.7 Å². The molecule has 1 nitrogen and oxygen atoms in total. The van der Waals surface area contributed by atoms with Gasteiger partial charge in [0, 0.05) is 4.88 Å². The fourth-order valence-electron chi connectivity index (χ4n) is 1.07. The summed E-state index contributed by atoms with van der Waals surface area (Å²) in [4.78, 5) is 13.4. The number of rotatable bonds is 2. The summed E-state index contributed by atoms with van der Waals surface area (Å²) in [5.74, 6) is 0.0345. The van der Waals surface area contributed by atoms with Gasteiger partial charge in [0.1, 0.15) is 0 Å². The van der Waals surface area contributed by atoms with Crippen LogP contribution in [0.3, 0.4) is 0 Å². The van der Waals surface area contributed by atoms with Crippen molar-refractivity contribution in [2.24, 2.45) is 0 Å². The highest BCUT2D eigenvalue weighted by Crippen LogP contribution is 2.23. The van der Waals surface area contributed by atoms with Crippen LogP contribution in [0.5, 0.6) is 0 Å². The predicted octanol–water partition coefficient (Wildman–Crippen LogP) is 3.17. The van der Waals surface area contributed by atoms with Crippen molar-refractivity contribution in [3.05, 3.63) is 21.4 Å². The molecule has 1 aromatic heterocycles. The minimum atomic E-state index is -0.415. The summed E-state index contributed by atoms with van der Waals surface area (Å²) in [7, 11) is 0. The van der Waals surface area contributed by atoms with Crippen molar-refractivity contribution in [2.45, 2.75) is 26.1 Å². The maximum absolute atomic E-state index is 11.5. The highest BCUT2D eigenvalue weighted by molar-refractivity contribution is 7.14. The Labute approximate surface area is 81.4 Å². The van der Waals surface area contributed by atoms with Crippen LogP contribution in [-0.2, 0) is 0 Å². The van der Waals surface area contributed by atoms with Crippen molar-refractivity contribution in [2.75, 3.05) is 0 Å². The van der Waals surface area contributed by atoms with Gasteiger partial charge in [-0.2, -0.15) is 0 Å². The third-order valence-corrected chi connectivity index (χ3v) is 2.99. The number of aryl methyl sites for hydroxylation is 2. The molecule has 0 aliphatic carbocycles. The minimum Gasteiger partial charge on any atom is -0.292 e. The quantitative estimate of drug-likeness (QED) is 0.532. The van der Waals surface area contributed by atoms with Crippen LogP contribution < -0.4 is 0 Å². The van der Waals surface area contributed by atoms with E-state index in [2.05, 4.69) is 0 Å². The molecule has 12 heavy (non-hydrogen) atoms. The van der Waals surface area contributed by atoms with Crippen LogP contribution in [0.2, 0.25) is 0 Å². The normalized spacial score (nSPS) is 13.0. The van der Waals surface area contributed by atoms with Gasteiger partial charge in [0.25, 0.3) is 0 Å². The zero-order valence-electron chi connectivity index (χ0n) is 7.35. The molecule has 0 N–H and O–H groups in total. The van der Waals surface area contributed by atoms with Gasteiger partial charge in [0.05, 0.1) is 10.3 Å². The van der Waals surface area contributed by atoms with Gasteiger partial charge in [-0.05, 0) is 32.4 Å². The Bertz CT molecular complexity index is 301. The van der Waals surface area contributed by atoms with Crippen molar-refractivity contribution in [3.63, 3.8) is 0 Å². The number of thiophene rings is 1.